The maximum Gasteiger partial charge on any atom is 0.395 e. The Kier molecular flexibility index (Phi) is 8.60. The lowest BCUT2D eigenvalue weighted by Gasteiger charge is -2.28. The van der Waals surface area contributed by atoms with Crippen LogP contribution in [0.3, 0.4) is 0 Å². The number of nitrogens with zero attached hydrogens (tertiary/aromatic N) is 6. The summed E-state index contributed by atoms with van der Waals surface area (Å²) >= 11 is 6.60. The first kappa shape index (κ1) is 30.5. The summed E-state index contributed by atoms with van der Waals surface area (Å²) in [6.45, 7) is 4.42. The minimum Gasteiger partial charge on any atom is -0.382 e. The van der Waals surface area contributed by atoms with Gasteiger partial charge in [0.2, 0.25) is 0 Å². The summed E-state index contributed by atoms with van der Waals surface area (Å²) < 4.78 is 55.5. The van der Waals surface area contributed by atoms with Crippen molar-refractivity contribution < 1.29 is 17.6 Å². The van der Waals surface area contributed by atoms with Gasteiger partial charge in [0.15, 0.2) is 0 Å². The van der Waals surface area contributed by atoms with E-state index in [1.807, 2.05) is 12.1 Å². The fourth-order valence-electron chi connectivity index (χ4n) is 4.30. The number of nitriles is 2. The highest BCUT2D eigenvalue weighted by atomic mass is 35.5. The number of alkyl halides is 4. The highest BCUT2D eigenvalue weighted by Gasteiger charge is 2.47. The minimum atomic E-state index is -4.49. The second-order valence-corrected chi connectivity index (χ2v) is 11.0. The van der Waals surface area contributed by atoms with E-state index >= 15 is 0 Å². The second-order valence-electron chi connectivity index (χ2n) is 10.6. The van der Waals surface area contributed by atoms with Crippen molar-refractivity contribution in [3.63, 3.8) is 0 Å². The maximum atomic E-state index is 13.6. The summed E-state index contributed by atoms with van der Waals surface area (Å²) in [4.78, 5) is 4.27. The molecule has 2 N–H and O–H groups in total. The fourth-order valence-corrected chi connectivity index (χ4v) is 4.57. The van der Waals surface area contributed by atoms with Crippen molar-refractivity contribution in [3.05, 3.63) is 75.7 Å². The molecule has 0 fully saturated rings. The number of rotatable bonds is 9. The summed E-state index contributed by atoms with van der Waals surface area (Å²) in [6, 6.07) is 11.4. The predicted octanol–water partition coefficient (Wildman–Crippen LogP) is 7.26. The Balaban J connectivity index is 1.85. The lowest BCUT2D eigenvalue weighted by molar-refractivity contribution is -0.206. The van der Waals surface area contributed by atoms with E-state index in [-0.39, 0.29) is 21.8 Å². The molecule has 0 bridgehead atoms. The first-order valence-corrected chi connectivity index (χ1v) is 13.3. The molecule has 2 aromatic carbocycles. The summed E-state index contributed by atoms with van der Waals surface area (Å²) in [7, 11) is 0. The van der Waals surface area contributed by atoms with Crippen LogP contribution >= 0.6 is 11.6 Å². The van der Waals surface area contributed by atoms with Crippen molar-refractivity contribution in [1.29, 1.82) is 10.5 Å². The Labute approximate surface area is 244 Å². The van der Waals surface area contributed by atoms with Crippen LogP contribution in [0.5, 0.6) is 0 Å². The number of benzene rings is 2. The van der Waals surface area contributed by atoms with Gasteiger partial charge in [0.1, 0.15) is 18.4 Å². The van der Waals surface area contributed by atoms with E-state index in [0.29, 0.717) is 33.5 Å². The average Bonchev–Trinajstić information content (AvgIpc) is 3.44. The highest BCUT2D eigenvalue weighted by molar-refractivity contribution is 6.35. The number of halogens is 5. The van der Waals surface area contributed by atoms with Crippen molar-refractivity contribution in [2.75, 3.05) is 23.9 Å². The third-order valence-electron chi connectivity index (χ3n) is 7.14. The summed E-state index contributed by atoms with van der Waals surface area (Å²) in [5.74, 6) is 0. The standard InChI is InChI=1S/C29H27ClF4N8/c1-16(10-31)42-14-24(40-41-42)27(21-7-5-6-18(11-35)17(21)2)39-20-8-22-25(38-15-28(3,4)29(32,33)34)19(12-36)13-37-26(22)23(30)9-20/h5-9,13-14,16,27,39H,10,15H2,1-4H3,(H,37,38)/t16-,27-/m0/s1. The van der Waals surface area contributed by atoms with Gasteiger partial charge in [0.25, 0.3) is 0 Å². The normalized spacial score (nSPS) is 13.3. The molecule has 13 heteroatoms. The molecule has 0 saturated carbocycles. The van der Waals surface area contributed by atoms with Crippen LogP contribution in [0.15, 0.2) is 42.7 Å². The van der Waals surface area contributed by atoms with Gasteiger partial charge in [0, 0.05) is 23.8 Å². The zero-order chi connectivity index (χ0) is 30.8. The van der Waals surface area contributed by atoms with E-state index in [9.17, 15) is 28.1 Å². The van der Waals surface area contributed by atoms with Crippen LogP contribution in [0.1, 0.15) is 60.8 Å². The Bertz CT molecular complexity index is 1700. The Hall–Kier alpha value is -4.42. The number of hydrogen-bond donors (Lipinski definition) is 2. The molecule has 42 heavy (non-hydrogen) atoms. The SMILES string of the molecule is Cc1c(C#N)cccc1[C@H](Nc1cc(Cl)c2ncc(C#N)c(NCC(C)(C)C(F)(F)F)c2c1)c1cn([C@@H](C)CF)nn1. The van der Waals surface area contributed by atoms with Crippen LogP contribution in [0, 0.1) is 35.0 Å². The van der Waals surface area contributed by atoms with E-state index in [2.05, 4.69) is 32.0 Å². The van der Waals surface area contributed by atoms with E-state index in [1.165, 1.54) is 10.9 Å². The predicted molar refractivity (Wildman–Crippen MR) is 152 cm³/mol. The van der Waals surface area contributed by atoms with Gasteiger partial charge >= 0.3 is 6.18 Å². The molecule has 0 aliphatic heterocycles. The molecule has 8 nitrogen and oxygen atoms in total. The van der Waals surface area contributed by atoms with Gasteiger partial charge in [-0.3, -0.25) is 4.98 Å². The van der Waals surface area contributed by atoms with E-state index in [0.717, 1.165) is 13.8 Å². The quantitative estimate of drug-likeness (QED) is 0.195. The molecule has 0 amide bonds. The molecule has 0 radical (unpaired) electrons. The molecular weight excluding hydrogens is 572 g/mol. The molecule has 0 aliphatic rings. The number of fused-ring (bicyclic) bond motifs is 1. The fraction of sp³-hybridized carbons (Fsp3) is 0.345. The number of anilines is 2. The van der Waals surface area contributed by atoms with Crippen LogP contribution in [0.25, 0.3) is 10.9 Å². The molecular formula is C29H27ClF4N8. The molecule has 2 atom stereocenters. The van der Waals surface area contributed by atoms with E-state index in [1.54, 1.807) is 44.3 Å². The van der Waals surface area contributed by atoms with E-state index < -0.39 is 36.9 Å². The van der Waals surface area contributed by atoms with Crippen LogP contribution in [0.2, 0.25) is 5.02 Å². The molecule has 2 aromatic heterocycles. The van der Waals surface area contributed by atoms with Gasteiger partial charge in [-0.2, -0.15) is 23.7 Å². The van der Waals surface area contributed by atoms with Crippen molar-refractivity contribution in [2.45, 2.75) is 46.0 Å². The number of nitrogens with one attached hydrogen (secondary N) is 2. The Morgan fingerprint density at radius 1 is 1.12 bits per heavy atom. The van der Waals surface area contributed by atoms with Gasteiger partial charge in [-0.25, -0.2) is 9.07 Å². The van der Waals surface area contributed by atoms with Gasteiger partial charge in [-0.05, 0) is 57.0 Å². The van der Waals surface area contributed by atoms with Crippen LogP contribution < -0.4 is 10.6 Å². The smallest absolute Gasteiger partial charge is 0.382 e. The van der Waals surface area contributed by atoms with Gasteiger partial charge in [-0.1, -0.05) is 28.9 Å². The maximum absolute atomic E-state index is 13.6. The molecule has 218 valence electrons. The molecule has 2 heterocycles. The molecule has 0 saturated heterocycles. The highest BCUT2D eigenvalue weighted by Crippen LogP contribution is 2.40. The van der Waals surface area contributed by atoms with Crippen molar-refractivity contribution >= 4 is 33.9 Å². The van der Waals surface area contributed by atoms with Crippen molar-refractivity contribution in [1.82, 2.24) is 20.0 Å². The third-order valence-corrected chi connectivity index (χ3v) is 7.42. The molecule has 4 rings (SSSR count). The average molecular weight is 599 g/mol. The Morgan fingerprint density at radius 3 is 2.48 bits per heavy atom. The zero-order valence-corrected chi connectivity index (χ0v) is 23.9. The topological polar surface area (TPSA) is 115 Å². The zero-order valence-electron chi connectivity index (χ0n) is 23.2. The first-order chi connectivity index (χ1) is 19.8. The summed E-state index contributed by atoms with van der Waals surface area (Å²) in [5, 5.41) is 34.3. The number of hydrogen-bond acceptors (Lipinski definition) is 7. The molecule has 0 spiro atoms. The van der Waals surface area contributed by atoms with Gasteiger partial charge in [-0.15, -0.1) is 5.10 Å². The van der Waals surface area contributed by atoms with Crippen LogP contribution in [0.4, 0.5) is 28.9 Å². The second kappa shape index (κ2) is 11.8. The Morgan fingerprint density at radius 2 is 1.83 bits per heavy atom. The van der Waals surface area contributed by atoms with Gasteiger partial charge < -0.3 is 10.6 Å². The largest absolute Gasteiger partial charge is 0.395 e. The van der Waals surface area contributed by atoms with Crippen molar-refractivity contribution in [3.8, 4) is 12.1 Å². The first-order valence-electron chi connectivity index (χ1n) is 12.9. The third kappa shape index (κ3) is 5.95. The number of aromatic nitrogens is 4. The van der Waals surface area contributed by atoms with Crippen LogP contribution in [-0.2, 0) is 0 Å². The summed E-state index contributed by atoms with van der Waals surface area (Å²) in [6.07, 6.45) is -1.63. The molecule has 4 aromatic rings. The minimum absolute atomic E-state index is 0.0472. The van der Waals surface area contributed by atoms with Crippen molar-refractivity contribution in [2.24, 2.45) is 5.41 Å². The summed E-state index contributed by atoms with van der Waals surface area (Å²) in [5.41, 5.74) is 1.09. The van der Waals surface area contributed by atoms with Gasteiger partial charge in [0.05, 0.1) is 57.1 Å². The lowest BCUT2D eigenvalue weighted by atomic mass is 9.92. The number of pyridine rings is 1. The van der Waals surface area contributed by atoms with E-state index in [4.69, 9.17) is 11.6 Å². The monoisotopic (exact) mass is 598 g/mol. The lowest BCUT2D eigenvalue weighted by Crippen LogP contribution is -2.38. The molecule has 0 aliphatic carbocycles. The molecule has 0 unspecified atom stereocenters. The van der Waals surface area contributed by atoms with Crippen LogP contribution in [-0.4, -0.2) is 39.4 Å².